The summed E-state index contributed by atoms with van der Waals surface area (Å²) in [7, 11) is 0. The predicted octanol–water partition coefficient (Wildman–Crippen LogP) is 2.73. The normalized spacial score (nSPS) is 14.9. The van der Waals surface area contributed by atoms with E-state index in [9.17, 15) is 9.18 Å². The molecule has 3 nitrogen and oxygen atoms in total. The second-order valence-corrected chi connectivity index (χ2v) is 3.92. The van der Waals surface area contributed by atoms with Gasteiger partial charge in [-0.15, -0.1) is 0 Å². The summed E-state index contributed by atoms with van der Waals surface area (Å²) in [6.07, 6.45) is 2.48. The maximum atomic E-state index is 13.3. The van der Waals surface area contributed by atoms with Crippen LogP contribution in [0.5, 0.6) is 0 Å². The molecule has 1 amide bonds. The summed E-state index contributed by atoms with van der Waals surface area (Å²) >= 11 is 0. The summed E-state index contributed by atoms with van der Waals surface area (Å²) in [5.74, 6) is -0.677. The van der Waals surface area contributed by atoms with Crippen molar-refractivity contribution in [2.75, 3.05) is 0 Å². The van der Waals surface area contributed by atoms with Gasteiger partial charge in [-0.25, -0.2) is 9.38 Å². The first-order valence-corrected chi connectivity index (χ1v) is 5.46. The number of benzene rings is 1. The number of hydrogen-bond acceptors (Lipinski definition) is 2. The molecule has 0 fully saturated rings. The summed E-state index contributed by atoms with van der Waals surface area (Å²) in [4.78, 5) is 15.6. The van der Waals surface area contributed by atoms with E-state index in [-0.39, 0.29) is 17.6 Å². The number of nitrogens with one attached hydrogen (secondary N) is 1. The van der Waals surface area contributed by atoms with Crippen LogP contribution in [0.25, 0.3) is 0 Å². The zero-order valence-electron chi connectivity index (χ0n) is 9.53. The lowest BCUT2D eigenvalue weighted by Gasteiger charge is -2.10. The number of aliphatic imine (C=N–C) groups is 1. The van der Waals surface area contributed by atoms with Crippen LogP contribution >= 0.6 is 0 Å². The van der Waals surface area contributed by atoms with Crippen molar-refractivity contribution in [2.24, 2.45) is 4.99 Å². The largest absolute Gasteiger partial charge is 0.304 e. The van der Waals surface area contributed by atoms with Gasteiger partial charge in [-0.2, -0.15) is 0 Å². The fourth-order valence-electron chi connectivity index (χ4n) is 1.52. The highest BCUT2D eigenvalue weighted by Gasteiger charge is 2.13. The number of amides is 1. The Morgan fingerprint density at radius 3 is 2.71 bits per heavy atom. The van der Waals surface area contributed by atoms with E-state index in [0.717, 1.165) is 5.56 Å². The van der Waals surface area contributed by atoms with Crippen LogP contribution < -0.4 is 5.32 Å². The number of allylic oxidation sites excluding steroid dienone is 1. The Morgan fingerprint density at radius 2 is 2.06 bits per heavy atom. The van der Waals surface area contributed by atoms with Gasteiger partial charge in [0.2, 0.25) is 0 Å². The Bertz CT molecular complexity index is 489. The molecular formula is C13H13FN2O. The van der Waals surface area contributed by atoms with Gasteiger partial charge in [0.25, 0.3) is 5.91 Å². The molecule has 1 heterocycles. The zero-order valence-corrected chi connectivity index (χ0v) is 9.53. The zero-order chi connectivity index (χ0) is 12.3. The first kappa shape index (κ1) is 11.5. The molecule has 88 valence electrons. The third kappa shape index (κ3) is 2.78. The highest BCUT2D eigenvalue weighted by atomic mass is 19.1. The molecule has 4 heteroatoms. The molecule has 0 aromatic heterocycles. The smallest absolute Gasteiger partial charge is 0.256 e. The van der Waals surface area contributed by atoms with E-state index in [1.165, 1.54) is 0 Å². The van der Waals surface area contributed by atoms with Crippen molar-refractivity contribution in [1.29, 1.82) is 0 Å². The van der Waals surface area contributed by atoms with Crippen molar-refractivity contribution >= 4 is 12.1 Å². The van der Waals surface area contributed by atoms with E-state index in [4.69, 9.17) is 0 Å². The van der Waals surface area contributed by atoms with Crippen LogP contribution in [0, 0.1) is 6.92 Å². The number of rotatable bonds is 2. The average molecular weight is 232 g/mol. The Morgan fingerprint density at radius 1 is 1.35 bits per heavy atom. The van der Waals surface area contributed by atoms with Gasteiger partial charge in [0.05, 0.1) is 0 Å². The van der Waals surface area contributed by atoms with E-state index in [0.29, 0.717) is 18.4 Å². The summed E-state index contributed by atoms with van der Waals surface area (Å²) in [6.45, 7) is 1.94. The summed E-state index contributed by atoms with van der Waals surface area (Å²) < 4.78 is 13.3. The molecule has 0 spiro atoms. The van der Waals surface area contributed by atoms with Gasteiger partial charge in [-0.3, -0.25) is 4.79 Å². The van der Waals surface area contributed by atoms with Gasteiger partial charge >= 0.3 is 0 Å². The molecule has 17 heavy (non-hydrogen) atoms. The topological polar surface area (TPSA) is 41.5 Å². The number of hydrogen-bond donors (Lipinski definition) is 1. The molecule has 2 rings (SSSR count). The summed E-state index contributed by atoms with van der Waals surface area (Å²) in [5.41, 5.74) is 1.57. The van der Waals surface area contributed by atoms with Crippen LogP contribution in [0.15, 0.2) is 40.9 Å². The molecule has 1 aromatic rings. The van der Waals surface area contributed by atoms with Crippen molar-refractivity contribution in [3.63, 3.8) is 0 Å². The fourth-order valence-corrected chi connectivity index (χ4v) is 1.52. The van der Waals surface area contributed by atoms with Gasteiger partial charge < -0.3 is 5.32 Å². The van der Waals surface area contributed by atoms with Gasteiger partial charge in [-0.1, -0.05) is 17.7 Å². The van der Waals surface area contributed by atoms with Gasteiger partial charge in [0, 0.05) is 18.2 Å². The van der Waals surface area contributed by atoms with Gasteiger partial charge in [-0.05, 0) is 25.5 Å². The van der Waals surface area contributed by atoms with Crippen LogP contribution in [0.3, 0.4) is 0 Å². The van der Waals surface area contributed by atoms with Crippen LogP contribution in [0.1, 0.15) is 28.8 Å². The number of carbonyl (C=O) groups is 1. The van der Waals surface area contributed by atoms with Gasteiger partial charge in [0.1, 0.15) is 5.83 Å². The Hall–Kier alpha value is -1.97. The molecule has 0 aliphatic carbocycles. The lowest BCUT2D eigenvalue weighted by molar-refractivity contribution is 0.0964. The van der Waals surface area contributed by atoms with Crippen LogP contribution in [-0.4, -0.2) is 12.1 Å². The third-order valence-electron chi connectivity index (χ3n) is 2.52. The number of halogens is 1. The number of aryl methyl sites for hydroxylation is 1. The first-order chi connectivity index (χ1) is 8.16. The Labute approximate surface area is 99.1 Å². The standard InChI is InChI=1S/C13H13FN2O/c1-9-4-6-10(7-5-9)13(17)16-12-11(14)3-2-8-15-12/h4-8H,2-3H2,1H3,(H,16,17). The average Bonchev–Trinajstić information content (AvgIpc) is 2.33. The lowest BCUT2D eigenvalue weighted by atomic mass is 10.1. The molecule has 1 aromatic carbocycles. The summed E-state index contributed by atoms with van der Waals surface area (Å²) in [5, 5.41) is 2.47. The third-order valence-corrected chi connectivity index (χ3v) is 2.52. The van der Waals surface area contributed by atoms with Gasteiger partial charge in [0.15, 0.2) is 5.82 Å². The van der Waals surface area contributed by atoms with Crippen LogP contribution in [-0.2, 0) is 0 Å². The van der Waals surface area contributed by atoms with Crippen molar-refractivity contribution < 1.29 is 9.18 Å². The molecule has 0 unspecified atom stereocenters. The highest BCUT2D eigenvalue weighted by Crippen LogP contribution is 2.16. The molecule has 1 aliphatic rings. The Kier molecular flexibility index (Phi) is 3.32. The first-order valence-electron chi connectivity index (χ1n) is 5.46. The van der Waals surface area contributed by atoms with Crippen molar-refractivity contribution in [1.82, 2.24) is 5.32 Å². The molecule has 0 radical (unpaired) electrons. The minimum atomic E-state index is -0.368. The molecule has 1 N–H and O–H groups in total. The van der Waals surface area contributed by atoms with Crippen LogP contribution in [0.4, 0.5) is 4.39 Å². The maximum Gasteiger partial charge on any atom is 0.256 e. The van der Waals surface area contributed by atoms with E-state index in [2.05, 4.69) is 10.3 Å². The van der Waals surface area contributed by atoms with E-state index < -0.39 is 0 Å². The monoisotopic (exact) mass is 232 g/mol. The molecule has 0 bridgehead atoms. The van der Waals surface area contributed by atoms with Crippen molar-refractivity contribution in [3.05, 3.63) is 47.0 Å². The molecular weight excluding hydrogens is 219 g/mol. The lowest BCUT2D eigenvalue weighted by Crippen LogP contribution is -2.23. The maximum absolute atomic E-state index is 13.3. The van der Waals surface area contributed by atoms with E-state index >= 15 is 0 Å². The van der Waals surface area contributed by atoms with Crippen molar-refractivity contribution in [2.45, 2.75) is 19.8 Å². The number of nitrogens with zero attached hydrogens (tertiary/aromatic N) is 1. The molecule has 0 atom stereocenters. The minimum absolute atomic E-state index is 0.0295. The molecule has 1 aliphatic heterocycles. The molecule has 0 saturated carbocycles. The van der Waals surface area contributed by atoms with Crippen LogP contribution in [0.2, 0.25) is 0 Å². The second kappa shape index (κ2) is 4.91. The highest BCUT2D eigenvalue weighted by molar-refractivity contribution is 5.95. The fraction of sp³-hybridized carbons (Fsp3) is 0.231. The minimum Gasteiger partial charge on any atom is -0.304 e. The van der Waals surface area contributed by atoms with E-state index in [1.807, 2.05) is 19.1 Å². The Balaban J connectivity index is 2.12. The number of carbonyl (C=O) groups excluding carboxylic acids is 1. The van der Waals surface area contributed by atoms with E-state index in [1.54, 1.807) is 18.3 Å². The summed E-state index contributed by atoms with van der Waals surface area (Å²) in [6, 6.07) is 7.08. The second-order valence-electron chi connectivity index (χ2n) is 3.92. The quantitative estimate of drug-likeness (QED) is 0.836. The SMILES string of the molecule is Cc1ccc(C(=O)NC2=C(F)CCC=N2)cc1. The molecule has 0 saturated heterocycles. The predicted molar refractivity (Wildman–Crippen MR) is 64.5 cm³/mol. The van der Waals surface area contributed by atoms with Crippen molar-refractivity contribution in [3.8, 4) is 0 Å².